The van der Waals surface area contributed by atoms with Crippen molar-refractivity contribution >= 4 is 22.0 Å². The van der Waals surface area contributed by atoms with Gasteiger partial charge in [-0.25, -0.2) is 4.79 Å². The molecule has 0 saturated carbocycles. The molecule has 0 radical (unpaired) electrons. The van der Waals surface area contributed by atoms with Crippen molar-refractivity contribution in [3.8, 4) is 5.75 Å². The lowest BCUT2D eigenvalue weighted by molar-refractivity contribution is 0.0755. The number of hydrogen-bond acceptors (Lipinski definition) is 2. The topological polar surface area (TPSA) is 60.8 Å². The zero-order valence-corrected chi connectivity index (χ0v) is 12.9. The van der Waals surface area contributed by atoms with E-state index in [1.54, 1.807) is 12.1 Å². The van der Waals surface area contributed by atoms with E-state index in [9.17, 15) is 15.0 Å². The highest BCUT2D eigenvalue weighted by atomic mass is 79.9. The summed E-state index contributed by atoms with van der Waals surface area (Å²) in [6.45, 7) is 6.55. The fourth-order valence-electron chi connectivity index (χ4n) is 2.80. The van der Waals surface area contributed by atoms with Gasteiger partial charge >= 0.3 is 6.09 Å². The first-order valence-corrected chi connectivity index (χ1v) is 7.02. The van der Waals surface area contributed by atoms with E-state index in [1.165, 1.54) is 4.90 Å². The summed E-state index contributed by atoms with van der Waals surface area (Å²) >= 11 is 3.46. The molecule has 1 amide bonds. The van der Waals surface area contributed by atoms with Crippen LogP contribution in [0.15, 0.2) is 16.6 Å². The number of benzene rings is 1. The van der Waals surface area contributed by atoms with Gasteiger partial charge in [0.15, 0.2) is 0 Å². The van der Waals surface area contributed by atoms with Crippen LogP contribution in [0.3, 0.4) is 0 Å². The van der Waals surface area contributed by atoms with Crippen molar-refractivity contribution in [1.29, 1.82) is 0 Å². The molecule has 1 aliphatic heterocycles. The summed E-state index contributed by atoms with van der Waals surface area (Å²) in [4.78, 5) is 13.0. The minimum Gasteiger partial charge on any atom is -0.508 e. The molecular formula is C14H18BrNO3. The van der Waals surface area contributed by atoms with Crippen LogP contribution in [0.5, 0.6) is 5.75 Å². The summed E-state index contributed by atoms with van der Waals surface area (Å²) in [7, 11) is 0. The number of hydrogen-bond donors (Lipinski definition) is 2. The third kappa shape index (κ3) is 2.56. The van der Waals surface area contributed by atoms with Crippen LogP contribution >= 0.6 is 15.9 Å². The highest BCUT2D eigenvalue weighted by molar-refractivity contribution is 9.10. The van der Waals surface area contributed by atoms with E-state index in [4.69, 9.17) is 0 Å². The molecule has 2 N–H and O–H groups in total. The monoisotopic (exact) mass is 327 g/mol. The van der Waals surface area contributed by atoms with Crippen molar-refractivity contribution < 1.29 is 15.0 Å². The van der Waals surface area contributed by atoms with Gasteiger partial charge in [0.1, 0.15) is 5.75 Å². The molecule has 1 heterocycles. The minimum absolute atomic E-state index is 0.210. The van der Waals surface area contributed by atoms with Crippen molar-refractivity contribution in [2.24, 2.45) is 5.41 Å². The second-order valence-corrected chi connectivity index (χ2v) is 6.85. The molecule has 1 atom stereocenters. The van der Waals surface area contributed by atoms with E-state index >= 15 is 0 Å². The Bertz CT molecular complexity index is 522. The lowest BCUT2D eigenvalue weighted by Gasteiger charge is -2.43. The van der Waals surface area contributed by atoms with Crippen LogP contribution in [-0.4, -0.2) is 27.8 Å². The standard InChI is InChI=1S/C14H18BrNO3/c1-14(2,3)12-11-8(4-5-16(12)13(18)19)6-9(17)7-10(11)15/h6-7,12,17H,4-5H2,1-3H3,(H,18,19). The Morgan fingerprint density at radius 2 is 2.05 bits per heavy atom. The van der Waals surface area contributed by atoms with Crippen LogP contribution in [0.25, 0.3) is 0 Å². The van der Waals surface area contributed by atoms with Gasteiger partial charge in [-0.1, -0.05) is 36.7 Å². The molecule has 0 spiro atoms. The number of fused-ring (bicyclic) bond motifs is 1. The SMILES string of the molecule is CC(C)(C)C1c2c(Br)cc(O)cc2CCN1C(=O)O. The highest BCUT2D eigenvalue weighted by Gasteiger charge is 2.39. The molecule has 0 fully saturated rings. The molecule has 0 saturated heterocycles. The Balaban J connectivity index is 2.62. The molecule has 2 rings (SSSR count). The third-order valence-corrected chi connectivity index (χ3v) is 4.13. The number of aromatic hydroxyl groups is 1. The molecule has 4 nitrogen and oxygen atoms in total. The van der Waals surface area contributed by atoms with Gasteiger partial charge in [-0.3, -0.25) is 0 Å². The van der Waals surface area contributed by atoms with Gasteiger partial charge in [0.25, 0.3) is 0 Å². The Hall–Kier alpha value is -1.23. The molecule has 0 aliphatic carbocycles. The summed E-state index contributed by atoms with van der Waals surface area (Å²) in [6, 6.07) is 3.14. The lowest BCUT2D eigenvalue weighted by atomic mass is 9.77. The molecule has 1 aromatic rings. The average Bonchev–Trinajstić information content (AvgIpc) is 2.25. The van der Waals surface area contributed by atoms with E-state index in [1.807, 2.05) is 20.8 Å². The number of phenolic OH excluding ortho intramolecular Hbond substituents is 1. The predicted octanol–water partition coefficient (Wildman–Crippen LogP) is 3.78. The van der Waals surface area contributed by atoms with Gasteiger partial charge in [0, 0.05) is 11.0 Å². The summed E-state index contributed by atoms with van der Waals surface area (Å²) in [5.74, 6) is 0.210. The number of nitrogens with zero attached hydrogens (tertiary/aromatic N) is 1. The third-order valence-electron chi connectivity index (χ3n) is 3.47. The van der Waals surface area contributed by atoms with Crippen molar-refractivity contribution in [1.82, 2.24) is 4.90 Å². The highest BCUT2D eigenvalue weighted by Crippen LogP contribution is 2.46. The van der Waals surface area contributed by atoms with Crippen LogP contribution in [0.1, 0.15) is 37.9 Å². The molecule has 0 bridgehead atoms. The summed E-state index contributed by atoms with van der Waals surface area (Å²) in [5.41, 5.74) is 1.77. The van der Waals surface area contributed by atoms with Gasteiger partial charge in [-0.2, -0.15) is 0 Å². The average molecular weight is 328 g/mol. The molecule has 1 aliphatic rings. The van der Waals surface area contributed by atoms with Crippen molar-refractivity contribution in [2.45, 2.75) is 33.2 Å². The van der Waals surface area contributed by atoms with Crippen molar-refractivity contribution in [3.63, 3.8) is 0 Å². The maximum absolute atomic E-state index is 11.5. The Morgan fingerprint density at radius 3 is 2.58 bits per heavy atom. The normalized spacial score (nSPS) is 19.2. The number of phenols is 1. The predicted molar refractivity (Wildman–Crippen MR) is 76.4 cm³/mol. The molecule has 1 unspecified atom stereocenters. The zero-order valence-electron chi connectivity index (χ0n) is 11.3. The van der Waals surface area contributed by atoms with E-state index in [-0.39, 0.29) is 17.2 Å². The lowest BCUT2D eigenvalue weighted by Crippen LogP contribution is -2.44. The van der Waals surface area contributed by atoms with E-state index < -0.39 is 6.09 Å². The van der Waals surface area contributed by atoms with Crippen molar-refractivity contribution in [3.05, 3.63) is 27.7 Å². The quantitative estimate of drug-likeness (QED) is 0.762. The molecule has 1 aromatic carbocycles. The molecule has 19 heavy (non-hydrogen) atoms. The zero-order chi connectivity index (χ0) is 14.4. The second kappa shape index (κ2) is 4.71. The maximum Gasteiger partial charge on any atom is 0.407 e. The fourth-order valence-corrected chi connectivity index (χ4v) is 3.51. The Morgan fingerprint density at radius 1 is 1.42 bits per heavy atom. The van der Waals surface area contributed by atoms with Gasteiger partial charge in [-0.05, 0) is 35.1 Å². The molecule has 104 valence electrons. The van der Waals surface area contributed by atoms with Gasteiger partial charge in [0.2, 0.25) is 0 Å². The second-order valence-electron chi connectivity index (χ2n) is 5.99. The maximum atomic E-state index is 11.5. The number of rotatable bonds is 0. The van der Waals surface area contributed by atoms with Crippen LogP contribution in [0, 0.1) is 5.41 Å². The van der Waals surface area contributed by atoms with Crippen LogP contribution in [0.2, 0.25) is 0 Å². The van der Waals surface area contributed by atoms with Gasteiger partial charge in [-0.15, -0.1) is 0 Å². The molecule has 5 heteroatoms. The molecular weight excluding hydrogens is 310 g/mol. The first kappa shape index (κ1) is 14.2. The minimum atomic E-state index is -0.898. The summed E-state index contributed by atoms with van der Waals surface area (Å²) < 4.78 is 0.772. The number of carboxylic acid groups (broad SMARTS) is 1. The largest absolute Gasteiger partial charge is 0.508 e. The van der Waals surface area contributed by atoms with E-state index in [0.29, 0.717) is 13.0 Å². The van der Waals surface area contributed by atoms with Crippen LogP contribution in [-0.2, 0) is 6.42 Å². The summed E-state index contributed by atoms with van der Waals surface area (Å²) in [6.07, 6.45) is -0.271. The van der Waals surface area contributed by atoms with E-state index in [0.717, 1.165) is 15.6 Å². The Labute approximate surface area is 121 Å². The van der Waals surface area contributed by atoms with Crippen LogP contribution < -0.4 is 0 Å². The van der Waals surface area contributed by atoms with Crippen LogP contribution in [0.4, 0.5) is 4.79 Å². The van der Waals surface area contributed by atoms with Gasteiger partial charge < -0.3 is 15.1 Å². The molecule has 0 aromatic heterocycles. The smallest absolute Gasteiger partial charge is 0.407 e. The fraction of sp³-hybridized carbons (Fsp3) is 0.500. The number of carbonyl (C=O) groups is 1. The van der Waals surface area contributed by atoms with E-state index in [2.05, 4.69) is 15.9 Å². The Kier molecular flexibility index (Phi) is 3.51. The first-order chi connectivity index (χ1) is 8.71. The van der Waals surface area contributed by atoms with Gasteiger partial charge in [0.05, 0.1) is 6.04 Å². The van der Waals surface area contributed by atoms with Crippen molar-refractivity contribution in [2.75, 3.05) is 6.54 Å². The summed E-state index contributed by atoms with van der Waals surface area (Å²) in [5, 5.41) is 19.1. The number of halogens is 1. The number of amides is 1. The first-order valence-electron chi connectivity index (χ1n) is 6.22.